The second kappa shape index (κ2) is 8.54. The van der Waals surface area contributed by atoms with Gasteiger partial charge in [0.15, 0.2) is 0 Å². The van der Waals surface area contributed by atoms with E-state index in [9.17, 15) is 4.79 Å². The van der Waals surface area contributed by atoms with E-state index < -0.39 is 0 Å². The van der Waals surface area contributed by atoms with E-state index in [4.69, 9.17) is 11.6 Å². The van der Waals surface area contributed by atoms with Gasteiger partial charge in [0.05, 0.1) is 13.1 Å². The molecule has 1 aromatic carbocycles. The van der Waals surface area contributed by atoms with E-state index in [1.165, 1.54) is 10.5 Å². The van der Waals surface area contributed by atoms with Crippen LogP contribution >= 0.6 is 11.6 Å². The number of rotatable bonds is 6. The van der Waals surface area contributed by atoms with Crippen molar-refractivity contribution in [3.63, 3.8) is 0 Å². The molecule has 2 rings (SSSR count). The molecular weight excluding hydrogens is 296 g/mol. The molecule has 1 amide bonds. The lowest BCUT2D eigenvalue weighted by molar-refractivity contribution is -0.919. The molecule has 1 aromatic rings. The van der Waals surface area contributed by atoms with Crippen LogP contribution in [-0.4, -0.2) is 25.5 Å². The number of likely N-dealkylation sites (tertiary alicyclic amines) is 1. The summed E-state index contributed by atoms with van der Waals surface area (Å²) in [5.74, 6) is 1.09. The minimum Gasteiger partial charge on any atom is -0.356 e. The molecule has 0 saturated carbocycles. The van der Waals surface area contributed by atoms with Gasteiger partial charge in [0.1, 0.15) is 6.54 Å². The van der Waals surface area contributed by atoms with Crippen LogP contribution in [0.4, 0.5) is 0 Å². The highest BCUT2D eigenvalue weighted by Gasteiger charge is 2.27. The van der Waals surface area contributed by atoms with Gasteiger partial charge in [0.25, 0.3) is 0 Å². The molecule has 1 saturated heterocycles. The number of nitrogens with one attached hydrogen (secondary N) is 2. The van der Waals surface area contributed by atoms with E-state index in [1.807, 2.05) is 18.2 Å². The van der Waals surface area contributed by atoms with Gasteiger partial charge in [-0.3, -0.25) is 4.79 Å². The van der Waals surface area contributed by atoms with Gasteiger partial charge in [-0.05, 0) is 18.4 Å². The van der Waals surface area contributed by atoms with Gasteiger partial charge in [0, 0.05) is 35.9 Å². The fourth-order valence-electron chi connectivity index (χ4n) is 3.00. The summed E-state index contributed by atoms with van der Waals surface area (Å²) in [6, 6.07) is 8.05. The maximum absolute atomic E-state index is 12.2. The smallest absolute Gasteiger partial charge is 0.223 e. The molecule has 3 nitrogen and oxygen atoms in total. The van der Waals surface area contributed by atoms with Crippen LogP contribution in [0.5, 0.6) is 0 Å². The molecule has 0 unspecified atom stereocenters. The van der Waals surface area contributed by atoms with Gasteiger partial charge < -0.3 is 10.2 Å². The Morgan fingerprint density at radius 1 is 1.32 bits per heavy atom. The normalized spacial score (nSPS) is 21.8. The predicted molar refractivity (Wildman–Crippen MR) is 91.0 cm³/mol. The maximum Gasteiger partial charge on any atom is 0.223 e. The summed E-state index contributed by atoms with van der Waals surface area (Å²) >= 11 is 6.23. The maximum atomic E-state index is 12.2. The number of carbonyl (C=O) groups excluding carboxylic acids is 1. The Hall–Kier alpha value is -1.06. The van der Waals surface area contributed by atoms with Crippen molar-refractivity contribution in [3.8, 4) is 0 Å². The molecule has 0 atom stereocenters. The van der Waals surface area contributed by atoms with E-state index in [0.717, 1.165) is 50.5 Å². The van der Waals surface area contributed by atoms with Crippen LogP contribution in [0.15, 0.2) is 24.3 Å². The highest BCUT2D eigenvalue weighted by atomic mass is 35.5. The molecule has 22 heavy (non-hydrogen) atoms. The number of piperidine rings is 1. The molecule has 1 aliphatic heterocycles. The zero-order valence-corrected chi connectivity index (χ0v) is 14.5. The summed E-state index contributed by atoms with van der Waals surface area (Å²) in [5.41, 5.74) is 1.21. The van der Waals surface area contributed by atoms with E-state index in [2.05, 4.69) is 25.2 Å². The fourth-order valence-corrected chi connectivity index (χ4v) is 3.21. The summed E-state index contributed by atoms with van der Waals surface area (Å²) in [7, 11) is 0. The monoisotopic (exact) mass is 323 g/mol. The van der Waals surface area contributed by atoms with Gasteiger partial charge >= 0.3 is 0 Å². The van der Waals surface area contributed by atoms with Crippen molar-refractivity contribution >= 4 is 17.5 Å². The molecular formula is C18H28ClN2O+. The first-order valence-corrected chi connectivity index (χ1v) is 8.78. The Morgan fingerprint density at radius 2 is 2.00 bits per heavy atom. The Kier molecular flexibility index (Phi) is 6.71. The molecule has 0 bridgehead atoms. The van der Waals surface area contributed by atoms with Gasteiger partial charge in [-0.15, -0.1) is 0 Å². The summed E-state index contributed by atoms with van der Waals surface area (Å²) in [6.45, 7) is 8.23. The van der Waals surface area contributed by atoms with Crippen LogP contribution in [0.2, 0.25) is 5.02 Å². The van der Waals surface area contributed by atoms with E-state index in [0.29, 0.717) is 5.92 Å². The van der Waals surface area contributed by atoms with Crippen molar-refractivity contribution in [2.75, 3.05) is 19.6 Å². The van der Waals surface area contributed by atoms with E-state index >= 15 is 0 Å². The van der Waals surface area contributed by atoms with Crippen LogP contribution < -0.4 is 10.2 Å². The number of benzene rings is 1. The summed E-state index contributed by atoms with van der Waals surface area (Å²) in [6.07, 6.45) is 3.02. The predicted octanol–water partition coefficient (Wildman–Crippen LogP) is 2.30. The summed E-state index contributed by atoms with van der Waals surface area (Å²) < 4.78 is 0. The molecule has 1 fully saturated rings. The molecule has 4 heteroatoms. The third-order valence-corrected chi connectivity index (χ3v) is 4.85. The number of quaternary nitrogens is 1. The summed E-state index contributed by atoms with van der Waals surface area (Å²) in [4.78, 5) is 13.7. The number of hydrogen-bond acceptors (Lipinski definition) is 1. The van der Waals surface area contributed by atoms with E-state index in [1.54, 1.807) is 0 Å². The number of amides is 1. The quantitative estimate of drug-likeness (QED) is 0.827. The zero-order chi connectivity index (χ0) is 15.9. The molecule has 0 aliphatic carbocycles. The molecule has 0 spiro atoms. The Morgan fingerprint density at radius 3 is 2.64 bits per heavy atom. The average molecular weight is 324 g/mol. The number of carbonyl (C=O) groups is 1. The number of halogens is 1. The minimum absolute atomic E-state index is 0.196. The van der Waals surface area contributed by atoms with Crippen molar-refractivity contribution in [2.24, 2.45) is 11.8 Å². The molecule has 0 aromatic heterocycles. The Labute approximate surface area is 139 Å². The van der Waals surface area contributed by atoms with Crippen molar-refractivity contribution in [1.82, 2.24) is 5.32 Å². The second-order valence-electron chi connectivity index (χ2n) is 6.77. The third kappa shape index (κ3) is 5.29. The second-order valence-corrected chi connectivity index (χ2v) is 7.17. The Balaban J connectivity index is 1.73. The molecule has 0 radical (unpaired) electrons. The van der Waals surface area contributed by atoms with Gasteiger partial charge in [0.2, 0.25) is 5.91 Å². The SMILES string of the molecule is CC(C)CCNC(=O)C1CC[NH+](Cc2ccccc2Cl)CC1. The Bertz CT molecular complexity index is 482. The van der Waals surface area contributed by atoms with Crippen molar-refractivity contribution < 1.29 is 9.69 Å². The largest absolute Gasteiger partial charge is 0.356 e. The van der Waals surface area contributed by atoms with Crippen LogP contribution in [0.1, 0.15) is 38.7 Å². The lowest BCUT2D eigenvalue weighted by Crippen LogP contribution is -3.11. The first kappa shape index (κ1) is 17.3. The third-order valence-electron chi connectivity index (χ3n) is 4.48. The zero-order valence-electron chi connectivity index (χ0n) is 13.7. The minimum atomic E-state index is 0.196. The lowest BCUT2D eigenvalue weighted by Gasteiger charge is -2.29. The molecule has 1 aliphatic rings. The summed E-state index contributed by atoms with van der Waals surface area (Å²) in [5, 5.41) is 3.94. The highest BCUT2D eigenvalue weighted by Crippen LogP contribution is 2.15. The molecule has 1 heterocycles. The fraction of sp³-hybridized carbons (Fsp3) is 0.611. The standard InChI is InChI=1S/C18H27ClN2O/c1-14(2)7-10-20-18(22)15-8-11-21(12-9-15)13-16-5-3-4-6-17(16)19/h3-6,14-15H,7-13H2,1-2H3,(H,20,22)/p+1. The van der Waals surface area contributed by atoms with E-state index in [-0.39, 0.29) is 11.8 Å². The van der Waals surface area contributed by atoms with Gasteiger partial charge in [-0.1, -0.05) is 43.6 Å². The average Bonchev–Trinajstić information content (AvgIpc) is 2.50. The lowest BCUT2D eigenvalue weighted by atomic mass is 9.95. The van der Waals surface area contributed by atoms with Crippen LogP contribution in [0.25, 0.3) is 0 Å². The first-order valence-electron chi connectivity index (χ1n) is 8.41. The van der Waals surface area contributed by atoms with Crippen LogP contribution in [-0.2, 0) is 11.3 Å². The first-order chi connectivity index (χ1) is 10.6. The highest BCUT2D eigenvalue weighted by molar-refractivity contribution is 6.31. The van der Waals surface area contributed by atoms with Crippen molar-refractivity contribution in [2.45, 2.75) is 39.7 Å². The molecule has 122 valence electrons. The topological polar surface area (TPSA) is 33.5 Å². The van der Waals surface area contributed by atoms with Gasteiger partial charge in [-0.25, -0.2) is 0 Å². The van der Waals surface area contributed by atoms with Gasteiger partial charge in [-0.2, -0.15) is 0 Å². The van der Waals surface area contributed by atoms with Crippen LogP contribution in [0.3, 0.4) is 0 Å². The van der Waals surface area contributed by atoms with Crippen molar-refractivity contribution in [1.29, 1.82) is 0 Å². The van der Waals surface area contributed by atoms with Crippen molar-refractivity contribution in [3.05, 3.63) is 34.9 Å². The molecule has 2 N–H and O–H groups in total. The van der Waals surface area contributed by atoms with Crippen LogP contribution in [0, 0.1) is 11.8 Å². The number of hydrogen-bond donors (Lipinski definition) is 2.